The molecule has 3 heterocycles. The molecule has 178 valence electrons. The average Bonchev–Trinajstić information content (AvgIpc) is 3.50. The summed E-state index contributed by atoms with van der Waals surface area (Å²) in [5.74, 6) is 2.05. The highest BCUT2D eigenvalue weighted by Gasteiger charge is 2.38. The Morgan fingerprint density at radius 2 is 2.18 bits per heavy atom. The second-order valence-corrected chi connectivity index (χ2v) is 8.37. The van der Waals surface area contributed by atoms with Crippen LogP contribution < -0.4 is 19.5 Å². The highest BCUT2D eigenvalue weighted by molar-refractivity contribution is 5.97. The second kappa shape index (κ2) is 8.92. The van der Waals surface area contributed by atoms with Crippen LogP contribution in [0, 0.1) is 0 Å². The van der Waals surface area contributed by atoms with Gasteiger partial charge in [-0.05, 0) is 54.6 Å². The molecule has 0 fully saturated rings. The van der Waals surface area contributed by atoms with Gasteiger partial charge in [-0.2, -0.15) is 4.68 Å². The fourth-order valence-corrected chi connectivity index (χ4v) is 4.48. The Hall–Kier alpha value is -3.70. The van der Waals surface area contributed by atoms with Crippen molar-refractivity contribution < 1.29 is 24.1 Å². The summed E-state index contributed by atoms with van der Waals surface area (Å²) in [5.41, 5.74) is 2.91. The smallest absolute Gasteiger partial charge is 0.253 e. The number of aliphatic hydroxyl groups excluding tert-OH is 1. The lowest BCUT2D eigenvalue weighted by molar-refractivity contribution is 0.0923. The lowest BCUT2D eigenvalue weighted by atomic mass is 9.90. The van der Waals surface area contributed by atoms with E-state index in [0.717, 1.165) is 24.1 Å². The number of nitrogens with zero attached hydrogens (tertiary/aromatic N) is 5. The van der Waals surface area contributed by atoms with E-state index in [1.165, 1.54) is 0 Å². The van der Waals surface area contributed by atoms with Crippen LogP contribution >= 0.6 is 0 Å². The fraction of sp³-hybridized carbons (Fsp3) is 0.391. The molecule has 0 radical (unpaired) electrons. The first-order valence-electron chi connectivity index (χ1n) is 11.0. The Balaban J connectivity index is 1.62. The molecule has 2 N–H and O–H groups in total. The Morgan fingerprint density at radius 3 is 2.97 bits per heavy atom. The maximum Gasteiger partial charge on any atom is 0.253 e. The van der Waals surface area contributed by atoms with Crippen molar-refractivity contribution in [1.82, 2.24) is 30.4 Å². The van der Waals surface area contributed by atoms with Gasteiger partial charge in [0.1, 0.15) is 6.04 Å². The number of tetrazole rings is 1. The summed E-state index contributed by atoms with van der Waals surface area (Å²) in [4.78, 5) is 15.0. The zero-order valence-corrected chi connectivity index (χ0v) is 19.2. The number of methoxy groups -OCH3 is 1. The van der Waals surface area contributed by atoms with E-state index >= 15 is 0 Å². The number of rotatable bonds is 6. The summed E-state index contributed by atoms with van der Waals surface area (Å²) in [6, 6.07) is 8.73. The number of fused-ring (bicyclic) bond motifs is 2. The molecule has 2 aromatic carbocycles. The molecule has 0 aliphatic carbocycles. The molecule has 0 bridgehead atoms. The number of likely N-dealkylation sites (N-methyl/N-ethyl adjacent to an activating group) is 1. The molecule has 2 atom stereocenters. The van der Waals surface area contributed by atoms with Gasteiger partial charge in [-0.1, -0.05) is 12.1 Å². The summed E-state index contributed by atoms with van der Waals surface area (Å²) >= 11 is 0. The van der Waals surface area contributed by atoms with Gasteiger partial charge >= 0.3 is 0 Å². The molecular weight excluding hydrogens is 440 g/mol. The molecule has 1 amide bonds. The Bertz CT molecular complexity index is 1230. The lowest BCUT2D eigenvalue weighted by Gasteiger charge is -2.34. The first kappa shape index (κ1) is 22.1. The van der Waals surface area contributed by atoms with Crippen molar-refractivity contribution in [1.29, 1.82) is 0 Å². The third-order valence-corrected chi connectivity index (χ3v) is 6.07. The molecular formula is C23H26N6O5. The zero-order valence-electron chi connectivity index (χ0n) is 19.2. The van der Waals surface area contributed by atoms with E-state index in [0.29, 0.717) is 34.3 Å². The molecule has 0 unspecified atom stereocenters. The maximum atomic E-state index is 12.9. The lowest BCUT2D eigenvalue weighted by Crippen LogP contribution is -2.35. The summed E-state index contributed by atoms with van der Waals surface area (Å²) in [6.07, 6.45) is 0.141. The third-order valence-electron chi connectivity index (χ3n) is 6.07. The number of aromatic nitrogens is 4. The normalized spacial score (nSPS) is 17.8. The molecule has 3 aromatic rings. The molecule has 1 aromatic heterocycles. The molecule has 0 spiro atoms. The number of ether oxygens (including phenoxy) is 3. The quantitative estimate of drug-likeness (QED) is 0.549. The molecule has 0 saturated carbocycles. The van der Waals surface area contributed by atoms with Crippen LogP contribution in [0.2, 0.25) is 0 Å². The minimum atomic E-state index is -0.660. The van der Waals surface area contributed by atoms with Crippen LogP contribution in [0.1, 0.15) is 40.3 Å². The van der Waals surface area contributed by atoms with E-state index in [1.807, 2.05) is 19.2 Å². The number of hydrogen-bond donors (Lipinski definition) is 2. The zero-order chi connectivity index (χ0) is 23.8. The molecule has 5 rings (SSSR count). The van der Waals surface area contributed by atoms with Gasteiger partial charge in [0.15, 0.2) is 17.3 Å². The largest absolute Gasteiger partial charge is 0.492 e. The van der Waals surface area contributed by atoms with Crippen molar-refractivity contribution in [2.45, 2.75) is 25.5 Å². The Labute approximate surface area is 196 Å². The van der Waals surface area contributed by atoms with E-state index < -0.39 is 6.10 Å². The van der Waals surface area contributed by atoms with Crippen LogP contribution in [-0.2, 0) is 6.42 Å². The third kappa shape index (κ3) is 3.72. The summed E-state index contributed by atoms with van der Waals surface area (Å²) < 4.78 is 18.7. The van der Waals surface area contributed by atoms with Crippen molar-refractivity contribution in [2.24, 2.45) is 0 Å². The minimum Gasteiger partial charge on any atom is -0.492 e. The molecule has 2 aliphatic rings. The topological polar surface area (TPSA) is 124 Å². The van der Waals surface area contributed by atoms with Crippen LogP contribution in [0.25, 0.3) is 5.69 Å². The van der Waals surface area contributed by atoms with E-state index in [2.05, 4.69) is 25.7 Å². The van der Waals surface area contributed by atoms with Crippen molar-refractivity contribution in [3.63, 3.8) is 0 Å². The van der Waals surface area contributed by atoms with E-state index in [9.17, 15) is 9.90 Å². The number of nitrogens with one attached hydrogen (secondary N) is 1. The summed E-state index contributed by atoms with van der Waals surface area (Å²) in [7, 11) is 3.60. The molecule has 0 saturated heterocycles. The SMILES string of the molecule is COc1c2c(cc3c1[C@@H](c1nnnn1-c1ccccc1C(=O)NC[C@H](C)O)N(C)CC3)OCO2. The van der Waals surface area contributed by atoms with Gasteiger partial charge in [0.05, 0.1) is 24.5 Å². The van der Waals surface area contributed by atoms with Gasteiger partial charge in [-0.3, -0.25) is 9.69 Å². The van der Waals surface area contributed by atoms with Gasteiger partial charge in [0.2, 0.25) is 12.5 Å². The van der Waals surface area contributed by atoms with Crippen LogP contribution in [0.15, 0.2) is 30.3 Å². The van der Waals surface area contributed by atoms with Crippen molar-refractivity contribution in [3.05, 3.63) is 52.8 Å². The first-order valence-corrected chi connectivity index (χ1v) is 11.0. The van der Waals surface area contributed by atoms with Gasteiger partial charge in [0.25, 0.3) is 5.91 Å². The van der Waals surface area contributed by atoms with E-state index in [1.54, 1.807) is 36.9 Å². The number of para-hydroxylation sites is 1. The highest BCUT2D eigenvalue weighted by atomic mass is 16.7. The fourth-order valence-electron chi connectivity index (χ4n) is 4.48. The van der Waals surface area contributed by atoms with Crippen molar-refractivity contribution in [3.8, 4) is 22.9 Å². The van der Waals surface area contributed by atoms with Crippen LogP contribution in [0.4, 0.5) is 0 Å². The maximum absolute atomic E-state index is 12.9. The first-order chi connectivity index (χ1) is 16.5. The van der Waals surface area contributed by atoms with Gasteiger partial charge in [-0.25, -0.2) is 0 Å². The number of carbonyl (C=O) groups excluding carboxylic acids is 1. The number of aliphatic hydroxyl groups is 1. The Morgan fingerprint density at radius 1 is 1.35 bits per heavy atom. The number of amides is 1. The van der Waals surface area contributed by atoms with Gasteiger partial charge in [-0.15, -0.1) is 5.10 Å². The summed E-state index contributed by atoms with van der Waals surface area (Å²) in [6.45, 7) is 2.66. The number of hydrogen-bond acceptors (Lipinski definition) is 9. The predicted octanol–water partition coefficient (Wildman–Crippen LogP) is 1.09. The Kier molecular flexibility index (Phi) is 5.80. The number of benzene rings is 2. The van der Waals surface area contributed by atoms with Gasteiger partial charge < -0.3 is 24.6 Å². The van der Waals surface area contributed by atoms with E-state index in [4.69, 9.17) is 14.2 Å². The molecule has 34 heavy (non-hydrogen) atoms. The van der Waals surface area contributed by atoms with Crippen LogP contribution in [-0.4, -0.2) is 76.3 Å². The summed E-state index contributed by atoms with van der Waals surface area (Å²) in [5, 5.41) is 24.9. The predicted molar refractivity (Wildman–Crippen MR) is 120 cm³/mol. The van der Waals surface area contributed by atoms with E-state index in [-0.39, 0.29) is 25.3 Å². The average molecular weight is 466 g/mol. The molecule has 11 heteroatoms. The van der Waals surface area contributed by atoms with Crippen molar-refractivity contribution in [2.75, 3.05) is 34.0 Å². The van der Waals surface area contributed by atoms with Gasteiger partial charge in [0, 0.05) is 18.7 Å². The number of carbonyl (C=O) groups is 1. The highest BCUT2D eigenvalue weighted by Crippen LogP contribution is 2.50. The van der Waals surface area contributed by atoms with Crippen molar-refractivity contribution >= 4 is 5.91 Å². The molecule has 11 nitrogen and oxygen atoms in total. The second-order valence-electron chi connectivity index (χ2n) is 8.37. The molecule has 2 aliphatic heterocycles. The minimum absolute atomic E-state index is 0.138. The monoisotopic (exact) mass is 466 g/mol. The van der Waals surface area contributed by atoms with Crippen LogP contribution in [0.5, 0.6) is 17.2 Å². The van der Waals surface area contributed by atoms with Crippen LogP contribution in [0.3, 0.4) is 0 Å². The standard InChI is InChI=1S/C23H26N6O5/c1-13(30)11-24-23(31)15-6-4-5-7-16(15)29-22(25-26-27-29)19-18-14(8-9-28(19)2)10-17-20(21(18)32-3)34-12-33-17/h4-7,10,13,19,30H,8-9,11-12H2,1-3H3,(H,24,31)/t13-,19-/m0/s1.